The molecule has 5 nitrogen and oxygen atoms in total. The van der Waals surface area contributed by atoms with Gasteiger partial charge in [0.1, 0.15) is 0 Å². The summed E-state index contributed by atoms with van der Waals surface area (Å²) in [6.45, 7) is 0. The highest BCUT2D eigenvalue weighted by Gasteiger charge is 2.08. The van der Waals surface area contributed by atoms with Crippen LogP contribution >= 0.6 is 34.3 Å². The van der Waals surface area contributed by atoms with Crippen molar-refractivity contribution in [3.05, 3.63) is 40.1 Å². The fourth-order valence-corrected chi connectivity index (χ4v) is 3.05. The van der Waals surface area contributed by atoms with Gasteiger partial charge in [0.2, 0.25) is 5.91 Å². The monoisotopic (exact) mass is 310 g/mol. The van der Waals surface area contributed by atoms with Gasteiger partial charge in [-0.25, -0.2) is 9.97 Å². The Morgan fingerprint density at radius 3 is 3.11 bits per heavy atom. The van der Waals surface area contributed by atoms with E-state index in [1.54, 1.807) is 17.7 Å². The number of aromatic nitrogens is 3. The molecule has 0 aliphatic rings. The molecule has 1 N–H and O–H groups in total. The topological polar surface area (TPSA) is 59.3 Å². The highest BCUT2D eigenvalue weighted by Crippen LogP contribution is 2.22. The van der Waals surface area contributed by atoms with Gasteiger partial charge in [-0.1, -0.05) is 11.6 Å². The summed E-state index contributed by atoms with van der Waals surface area (Å²) in [4.78, 5) is 20.6. The Morgan fingerprint density at radius 1 is 1.42 bits per heavy atom. The summed E-state index contributed by atoms with van der Waals surface area (Å²) in [6.07, 6.45) is 6.54. The number of carbonyl (C=O) groups is 1. The van der Waals surface area contributed by atoms with E-state index in [-0.39, 0.29) is 5.91 Å². The number of thiazole rings is 2. The Hall–Kier alpha value is -1.70. The van der Waals surface area contributed by atoms with Gasteiger partial charge in [0.05, 0.1) is 5.69 Å². The molecular weight excluding hydrogens is 304 g/mol. The van der Waals surface area contributed by atoms with Crippen LogP contribution in [-0.2, 0) is 4.79 Å². The number of hydrogen-bond donors (Lipinski definition) is 1. The van der Waals surface area contributed by atoms with E-state index in [1.165, 1.54) is 28.7 Å². The van der Waals surface area contributed by atoms with Crippen molar-refractivity contribution in [3.63, 3.8) is 0 Å². The van der Waals surface area contributed by atoms with Gasteiger partial charge in [-0.2, -0.15) is 0 Å². The summed E-state index contributed by atoms with van der Waals surface area (Å²) in [5, 5.41) is 7.30. The molecule has 0 unspecified atom stereocenters. The van der Waals surface area contributed by atoms with Crippen molar-refractivity contribution in [2.45, 2.75) is 0 Å². The van der Waals surface area contributed by atoms with E-state index in [2.05, 4.69) is 15.3 Å². The van der Waals surface area contributed by atoms with Gasteiger partial charge in [0, 0.05) is 29.2 Å². The summed E-state index contributed by atoms with van der Waals surface area (Å²) in [6, 6.07) is 0. The molecule has 0 aromatic carbocycles. The van der Waals surface area contributed by atoms with E-state index in [9.17, 15) is 4.79 Å². The zero-order chi connectivity index (χ0) is 13.2. The van der Waals surface area contributed by atoms with Crippen molar-refractivity contribution >= 4 is 56.4 Å². The van der Waals surface area contributed by atoms with Gasteiger partial charge >= 0.3 is 0 Å². The van der Waals surface area contributed by atoms with Crippen molar-refractivity contribution < 1.29 is 4.79 Å². The standard InChI is InChI=1S/C11H7ClN4OS2/c12-9-7(16-4-6-19-11(16)15-9)1-2-8(17)14-10-13-3-5-18-10/h1-6H,(H,13,14,17)/b2-1+. The van der Waals surface area contributed by atoms with E-state index in [4.69, 9.17) is 11.6 Å². The molecule has 0 atom stereocenters. The van der Waals surface area contributed by atoms with Gasteiger partial charge in [0.25, 0.3) is 0 Å². The molecule has 0 radical (unpaired) electrons. The molecular formula is C11H7ClN4OS2. The van der Waals surface area contributed by atoms with Crippen LogP contribution in [0.4, 0.5) is 5.13 Å². The molecule has 3 rings (SSSR count). The average molecular weight is 311 g/mol. The minimum Gasteiger partial charge on any atom is -0.298 e. The first-order chi connectivity index (χ1) is 9.24. The molecule has 96 valence electrons. The van der Waals surface area contributed by atoms with Gasteiger partial charge in [-0.15, -0.1) is 22.7 Å². The molecule has 1 amide bonds. The number of amides is 1. The predicted molar refractivity (Wildman–Crippen MR) is 77.9 cm³/mol. The number of nitrogens with zero attached hydrogens (tertiary/aromatic N) is 3. The molecule has 0 aliphatic heterocycles. The number of halogens is 1. The average Bonchev–Trinajstić information content (AvgIpc) is 3.05. The SMILES string of the molecule is O=C(/C=C/c1c(Cl)nc2sccn12)Nc1nccs1. The molecule has 3 heterocycles. The summed E-state index contributed by atoms with van der Waals surface area (Å²) in [7, 11) is 0. The molecule has 0 saturated heterocycles. The second-order valence-electron chi connectivity index (χ2n) is 3.50. The highest BCUT2D eigenvalue weighted by molar-refractivity contribution is 7.15. The molecule has 8 heteroatoms. The predicted octanol–water partition coefficient (Wildman–Crippen LogP) is 3.16. The smallest absolute Gasteiger partial charge is 0.250 e. The van der Waals surface area contributed by atoms with Crippen LogP contribution in [0.3, 0.4) is 0 Å². The van der Waals surface area contributed by atoms with Crippen molar-refractivity contribution in [2.24, 2.45) is 0 Å². The lowest BCUT2D eigenvalue weighted by Gasteiger charge is -1.95. The van der Waals surface area contributed by atoms with Gasteiger partial charge < -0.3 is 0 Å². The maximum atomic E-state index is 11.7. The highest BCUT2D eigenvalue weighted by atomic mass is 35.5. The number of nitrogens with one attached hydrogen (secondary N) is 1. The lowest BCUT2D eigenvalue weighted by Crippen LogP contribution is -2.07. The number of hydrogen-bond acceptors (Lipinski definition) is 5. The van der Waals surface area contributed by atoms with Crippen LogP contribution < -0.4 is 5.32 Å². The minimum atomic E-state index is -0.254. The number of carbonyl (C=O) groups excluding carboxylic acids is 1. The van der Waals surface area contributed by atoms with Crippen LogP contribution in [-0.4, -0.2) is 20.3 Å². The van der Waals surface area contributed by atoms with Gasteiger partial charge in [0.15, 0.2) is 15.2 Å². The van der Waals surface area contributed by atoms with E-state index < -0.39 is 0 Å². The molecule has 3 aromatic rings. The molecule has 19 heavy (non-hydrogen) atoms. The first-order valence-corrected chi connectivity index (χ1v) is 7.37. The lowest BCUT2D eigenvalue weighted by molar-refractivity contribution is -0.111. The number of anilines is 1. The van der Waals surface area contributed by atoms with Crippen molar-refractivity contribution in [1.82, 2.24) is 14.4 Å². The Morgan fingerprint density at radius 2 is 2.32 bits per heavy atom. The third-order valence-corrected chi connectivity index (χ3v) is 4.03. The molecule has 0 aliphatic carbocycles. The summed E-state index contributed by atoms with van der Waals surface area (Å²) >= 11 is 8.86. The number of imidazole rings is 1. The largest absolute Gasteiger partial charge is 0.298 e. The first-order valence-electron chi connectivity index (χ1n) is 5.23. The van der Waals surface area contributed by atoms with E-state index in [0.29, 0.717) is 16.0 Å². The molecule has 3 aromatic heterocycles. The van der Waals surface area contributed by atoms with E-state index in [0.717, 1.165) is 4.96 Å². The van der Waals surface area contributed by atoms with Crippen LogP contribution in [0.5, 0.6) is 0 Å². The van der Waals surface area contributed by atoms with Gasteiger partial charge in [-0.3, -0.25) is 14.5 Å². The molecule has 0 fully saturated rings. The van der Waals surface area contributed by atoms with Crippen LogP contribution in [0.15, 0.2) is 29.2 Å². The fraction of sp³-hybridized carbons (Fsp3) is 0. The Kier molecular flexibility index (Phi) is 3.33. The zero-order valence-electron chi connectivity index (χ0n) is 9.41. The maximum Gasteiger partial charge on any atom is 0.250 e. The van der Waals surface area contributed by atoms with Crippen molar-refractivity contribution in [1.29, 1.82) is 0 Å². The van der Waals surface area contributed by atoms with Crippen LogP contribution in [0.1, 0.15) is 5.69 Å². The van der Waals surface area contributed by atoms with Gasteiger partial charge in [-0.05, 0) is 6.08 Å². The van der Waals surface area contributed by atoms with Crippen LogP contribution in [0.25, 0.3) is 11.0 Å². The minimum absolute atomic E-state index is 0.254. The summed E-state index contributed by atoms with van der Waals surface area (Å²) in [5.74, 6) is -0.254. The van der Waals surface area contributed by atoms with Crippen molar-refractivity contribution in [3.8, 4) is 0 Å². The van der Waals surface area contributed by atoms with Crippen LogP contribution in [0.2, 0.25) is 5.15 Å². The third kappa shape index (κ3) is 2.53. The zero-order valence-corrected chi connectivity index (χ0v) is 11.8. The van der Waals surface area contributed by atoms with E-state index in [1.807, 2.05) is 16.0 Å². The quantitative estimate of drug-likeness (QED) is 0.756. The lowest BCUT2D eigenvalue weighted by atomic mass is 10.4. The molecule has 0 bridgehead atoms. The van der Waals surface area contributed by atoms with Crippen LogP contribution in [0, 0.1) is 0 Å². The molecule has 0 saturated carbocycles. The number of rotatable bonds is 3. The summed E-state index contributed by atoms with van der Waals surface area (Å²) in [5.41, 5.74) is 0.687. The Bertz CT molecular complexity index is 744. The first kappa shape index (κ1) is 12.3. The number of fused-ring (bicyclic) bond motifs is 1. The normalized spacial score (nSPS) is 11.4. The Balaban J connectivity index is 1.80. The van der Waals surface area contributed by atoms with E-state index >= 15 is 0 Å². The second-order valence-corrected chi connectivity index (χ2v) is 5.63. The maximum absolute atomic E-state index is 11.7. The third-order valence-electron chi connectivity index (χ3n) is 2.31. The second kappa shape index (κ2) is 5.12. The molecule has 0 spiro atoms. The fourth-order valence-electron chi connectivity index (χ4n) is 1.51. The van der Waals surface area contributed by atoms with Crippen molar-refractivity contribution in [2.75, 3.05) is 5.32 Å². The summed E-state index contributed by atoms with van der Waals surface area (Å²) < 4.78 is 1.83. The Labute approximate surface area is 121 Å².